The van der Waals surface area contributed by atoms with E-state index in [0.29, 0.717) is 63.7 Å². The number of primary amides is 2. The van der Waals surface area contributed by atoms with Crippen LogP contribution in [0.4, 0.5) is 0 Å². The quantitative estimate of drug-likeness (QED) is 0.0677. The molecule has 0 aliphatic heterocycles. The summed E-state index contributed by atoms with van der Waals surface area (Å²) in [6.07, 6.45) is 7.94. The summed E-state index contributed by atoms with van der Waals surface area (Å²) in [5.41, 5.74) is 10.9. The molecule has 2 unspecified atom stereocenters. The van der Waals surface area contributed by atoms with Crippen LogP contribution in [0.2, 0.25) is 0 Å². The lowest BCUT2D eigenvalue weighted by Crippen LogP contribution is -2.46. The zero-order valence-electron chi connectivity index (χ0n) is 24.2. The van der Waals surface area contributed by atoms with Crippen LogP contribution in [0.3, 0.4) is 0 Å². The maximum absolute atomic E-state index is 12.7. The highest BCUT2D eigenvalue weighted by molar-refractivity contribution is 5.89. The number of hydrogen-bond donors (Lipinski definition) is 7. The van der Waals surface area contributed by atoms with Gasteiger partial charge in [-0.25, -0.2) is 0 Å². The fraction of sp³-hybridized carbons (Fsp3) is 0.778. The van der Waals surface area contributed by atoms with E-state index in [1.54, 1.807) is 0 Å². The summed E-state index contributed by atoms with van der Waals surface area (Å²) < 4.78 is 0. The van der Waals surface area contributed by atoms with Crippen LogP contribution in [0.5, 0.6) is 0 Å². The highest BCUT2D eigenvalue weighted by Crippen LogP contribution is 2.21. The van der Waals surface area contributed by atoms with Crippen molar-refractivity contribution in [2.45, 2.75) is 102 Å². The van der Waals surface area contributed by atoms with Gasteiger partial charge < -0.3 is 43.0 Å². The summed E-state index contributed by atoms with van der Waals surface area (Å²) in [7, 11) is 0. The Labute approximate surface area is 241 Å². The van der Waals surface area contributed by atoms with Crippen LogP contribution in [0.1, 0.15) is 77.6 Å². The number of amides is 6. The van der Waals surface area contributed by atoms with Gasteiger partial charge in [0.1, 0.15) is 13.1 Å². The van der Waals surface area contributed by atoms with Gasteiger partial charge in [0, 0.05) is 45.1 Å². The van der Waals surface area contributed by atoms with E-state index in [0.717, 1.165) is 30.6 Å². The van der Waals surface area contributed by atoms with E-state index >= 15 is 0 Å². The van der Waals surface area contributed by atoms with E-state index in [4.69, 9.17) is 11.5 Å². The van der Waals surface area contributed by atoms with Gasteiger partial charge in [0.05, 0.1) is 12.1 Å². The highest BCUT2D eigenvalue weighted by Gasteiger charge is 2.28. The predicted octanol–water partition coefficient (Wildman–Crippen LogP) is -1.87. The van der Waals surface area contributed by atoms with E-state index < -0.39 is 17.7 Å². The zero-order valence-corrected chi connectivity index (χ0v) is 24.2. The molecule has 9 N–H and O–H groups in total. The van der Waals surface area contributed by atoms with Crippen LogP contribution in [-0.4, -0.2) is 97.2 Å². The summed E-state index contributed by atoms with van der Waals surface area (Å²) in [4.78, 5) is 73.3. The maximum atomic E-state index is 12.7. The van der Waals surface area contributed by atoms with E-state index in [-0.39, 0.29) is 55.9 Å². The Bertz CT molecular complexity index is 852. The number of nitrogens with one attached hydrogen (secondary N) is 5. The first-order valence-electron chi connectivity index (χ1n) is 14.7. The van der Waals surface area contributed by atoms with Crippen molar-refractivity contribution in [1.29, 1.82) is 0 Å². The monoisotopic (exact) mass is 580 g/mol. The van der Waals surface area contributed by atoms with E-state index in [9.17, 15) is 28.8 Å². The summed E-state index contributed by atoms with van der Waals surface area (Å²) in [6, 6.07) is -0.0288. The molecule has 0 aromatic rings. The summed E-state index contributed by atoms with van der Waals surface area (Å²) in [6.45, 7) is 1.55. The second-order valence-electron chi connectivity index (χ2n) is 11.0. The van der Waals surface area contributed by atoms with Gasteiger partial charge in [-0.3, -0.25) is 28.8 Å². The molecule has 232 valence electrons. The second kappa shape index (κ2) is 18.2. The maximum Gasteiger partial charge on any atom is 0.239 e. The van der Waals surface area contributed by atoms with Crippen molar-refractivity contribution in [3.8, 4) is 0 Å². The van der Waals surface area contributed by atoms with Crippen LogP contribution in [0.25, 0.3) is 0 Å². The minimum atomic E-state index is -0.435. The zero-order chi connectivity index (χ0) is 30.2. The standard InChI is InChI=1S/C27H48N8O6/c1-18(36)30-15-12-25(39)35(16-23(37)31-13-4-2-6-21(26(28)40)33-19-8-9-19)17-24(38)32-14-5-3-7-22(27(29)41)34-20-10-11-20/h19-22,33-34H,2-17H2,1H3,(H2,28,40)(H2,29,41)(H,30,36)(H,31,37)(H,32,38). The van der Waals surface area contributed by atoms with Gasteiger partial charge in [-0.15, -0.1) is 0 Å². The summed E-state index contributed by atoms with van der Waals surface area (Å²) >= 11 is 0. The van der Waals surface area contributed by atoms with Crippen molar-refractivity contribution in [1.82, 2.24) is 31.5 Å². The van der Waals surface area contributed by atoms with Crippen LogP contribution in [-0.2, 0) is 28.8 Å². The largest absolute Gasteiger partial charge is 0.368 e. The van der Waals surface area contributed by atoms with Crippen LogP contribution >= 0.6 is 0 Å². The third kappa shape index (κ3) is 15.9. The molecule has 6 amide bonds. The normalized spacial score (nSPS) is 15.8. The Morgan fingerprint density at radius 1 is 0.683 bits per heavy atom. The van der Waals surface area contributed by atoms with Crippen molar-refractivity contribution in [3.63, 3.8) is 0 Å². The fourth-order valence-electron chi connectivity index (χ4n) is 4.28. The number of unbranched alkanes of at least 4 members (excludes halogenated alkanes) is 2. The Morgan fingerprint density at radius 2 is 1.12 bits per heavy atom. The van der Waals surface area contributed by atoms with Crippen molar-refractivity contribution < 1.29 is 28.8 Å². The third-order valence-electron chi connectivity index (χ3n) is 6.93. The van der Waals surface area contributed by atoms with Crippen LogP contribution in [0.15, 0.2) is 0 Å². The van der Waals surface area contributed by atoms with Gasteiger partial charge in [0.2, 0.25) is 35.4 Å². The molecular weight excluding hydrogens is 532 g/mol. The number of carbonyl (C=O) groups excluding carboxylic acids is 6. The van der Waals surface area contributed by atoms with Gasteiger partial charge in [-0.2, -0.15) is 0 Å². The molecule has 2 saturated carbocycles. The Morgan fingerprint density at radius 3 is 1.49 bits per heavy atom. The van der Waals surface area contributed by atoms with Crippen LogP contribution in [0, 0.1) is 0 Å². The molecule has 2 fully saturated rings. The number of rotatable bonds is 23. The fourth-order valence-corrected chi connectivity index (χ4v) is 4.28. The second-order valence-corrected chi connectivity index (χ2v) is 11.0. The van der Waals surface area contributed by atoms with Crippen LogP contribution < -0.4 is 38.1 Å². The minimum absolute atomic E-state index is 0.0505. The first-order chi connectivity index (χ1) is 19.5. The average Bonchev–Trinajstić information content (AvgIpc) is 3.82. The van der Waals surface area contributed by atoms with E-state index in [2.05, 4.69) is 26.6 Å². The van der Waals surface area contributed by atoms with Gasteiger partial charge in [0.25, 0.3) is 0 Å². The van der Waals surface area contributed by atoms with E-state index in [1.807, 2.05) is 0 Å². The Balaban J connectivity index is 1.71. The smallest absolute Gasteiger partial charge is 0.239 e. The molecule has 0 aromatic heterocycles. The van der Waals surface area contributed by atoms with Gasteiger partial charge >= 0.3 is 0 Å². The SMILES string of the molecule is CC(=O)NCCC(=O)N(CC(=O)NCCCCC(NC1CC1)C(N)=O)CC(=O)NCCCCC(NC1CC1)C(N)=O. The van der Waals surface area contributed by atoms with Gasteiger partial charge in [0.15, 0.2) is 0 Å². The van der Waals surface area contributed by atoms with Gasteiger partial charge in [-0.05, 0) is 64.2 Å². The molecule has 0 saturated heterocycles. The lowest BCUT2D eigenvalue weighted by Gasteiger charge is -2.22. The molecule has 0 spiro atoms. The van der Waals surface area contributed by atoms with E-state index in [1.165, 1.54) is 6.92 Å². The lowest BCUT2D eigenvalue weighted by atomic mass is 10.1. The average molecular weight is 581 g/mol. The first-order valence-corrected chi connectivity index (χ1v) is 14.7. The molecule has 2 aliphatic carbocycles. The van der Waals surface area contributed by atoms with Gasteiger partial charge in [-0.1, -0.05) is 0 Å². The topological polar surface area (TPSA) is 218 Å². The summed E-state index contributed by atoms with van der Waals surface area (Å²) in [5.74, 6) is -2.30. The van der Waals surface area contributed by atoms with Crippen molar-refractivity contribution >= 4 is 35.4 Å². The molecule has 0 bridgehead atoms. The highest BCUT2D eigenvalue weighted by atomic mass is 16.2. The number of nitrogens with zero attached hydrogens (tertiary/aromatic N) is 1. The molecule has 0 heterocycles. The summed E-state index contributed by atoms with van der Waals surface area (Å²) in [5, 5.41) is 14.5. The van der Waals surface area contributed by atoms with Crippen molar-refractivity contribution in [2.75, 3.05) is 32.7 Å². The lowest BCUT2D eigenvalue weighted by molar-refractivity contribution is -0.139. The Kier molecular flexibility index (Phi) is 15.1. The third-order valence-corrected chi connectivity index (χ3v) is 6.93. The van der Waals surface area contributed by atoms with Crippen molar-refractivity contribution in [3.05, 3.63) is 0 Å². The molecule has 2 atom stereocenters. The molecule has 14 nitrogen and oxygen atoms in total. The number of nitrogens with two attached hydrogens (primary N) is 2. The first kappa shape index (κ1) is 33.9. The Hall–Kier alpha value is -3.26. The number of hydrogen-bond acceptors (Lipinski definition) is 8. The molecule has 0 radical (unpaired) electrons. The molecule has 2 aliphatic rings. The molecule has 2 rings (SSSR count). The molecule has 41 heavy (non-hydrogen) atoms. The number of carbonyl (C=O) groups is 6. The molecular formula is C27H48N8O6. The molecule has 0 aromatic carbocycles. The predicted molar refractivity (Wildman–Crippen MR) is 152 cm³/mol. The molecule has 14 heteroatoms. The minimum Gasteiger partial charge on any atom is -0.368 e. The van der Waals surface area contributed by atoms with Crippen molar-refractivity contribution in [2.24, 2.45) is 11.5 Å².